The number of carbonyl (C=O) groups is 1. The van der Waals surface area contributed by atoms with Crippen LogP contribution in [0.3, 0.4) is 0 Å². The number of aromatic nitrogens is 2. The Balaban J connectivity index is 1.68. The molecule has 0 unspecified atom stereocenters. The highest BCUT2D eigenvalue weighted by molar-refractivity contribution is 7.16. The molecule has 5 nitrogen and oxygen atoms in total. The maximum absolute atomic E-state index is 11.7. The molecule has 1 aliphatic heterocycles. The van der Waals surface area contributed by atoms with Crippen LogP contribution in [0.5, 0.6) is 0 Å². The number of hydrogen-bond acceptors (Lipinski definition) is 5. The second kappa shape index (κ2) is 6.44. The number of anilines is 1. The van der Waals surface area contributed by atoms with Gasteiger partial charge in [-0.05, 0) is 23.9 Å². The summed E-state index contributed by atoms with van der Waals surface area (Å²) >= 11 is 1.62. The predicted octanol–water partition coefficient (Wildman–Crippen LogP) is 3.11. The molecule has 0 aliphatic carbocycles. The highest BCUT2D eigenvalue weighted by Gasteiger charge is 2.35. The lowest BCUT2D eigenvalue weighted by Gasteiger charge is -2.19. The zero-order valence-electron chi connectivity index (χ0n) is 14.3. The van der Waals surface area contributed by atoms with E-state index in [9.17, 15) is 4.79 Å². The summed E-state index contributed by atoms with van der Waals surface area (Å²) in [4.78, 5) is 23.8. The first-order chi connectivity index (χ1) is 12.1. The molecule has 0 radical (unpaired) electrons. The second-order valence-electron chi connectivity index (χ2n) is 6.57. The van der Waals surface area contributed by atoms with E-state index in [2.05, 4.69) is 57.4 Å². The molecule has 3 heterocycles. The van der Waals surface area contributed by atoms with E-state index in [-0.39, 0.29) is 17.9 Å². The van der Waals surface area contributed by atoms with Crippen molar-refractivity contribution in [2.75, 3.05) is 18.0 Å². The predicted molar refractivity (Wildman–Crippen MR) is 101 cm³/mol. The number of nitrogens with zero attached hydrogens (tertiary/aromatic N) is 3. The monoisotopic (exact) mass is 352 g/mol. The minimum absolute atomic E-state index is 0.00679. The molecule has 128 valence electrons. The Kier molecular flexibility index (Phi) is 4.13. The standard InChI is InChI=1S/C19H20N4OS/c1-12-3-5-14(6-4-12)16-9-23(10-17(16)22-13(2)24)18-15-7-8-25-19(15)21-11-20-18/h3-8,11,16-17H,9-10H2,1-2H3,(H,22,24)/t16-,17+/m0/s1. The lowest BCUT2D eigenvalue weighted by Crippen LogP contribution is -2.38. The van der Waals surface area contributed by atoms with Crippen molar-refractivity contribution in [3.8, 4) is 0 Å². The van der Waals surface area contributed by atoms with Crippen LogP contribution in [0.25, 0.3) is 10.2 Å². The number of thiophene rings is 1. The number of hydrogen-bond donors (Lipinski definition) is 1. The first-order valence-electron chi connectivity index (χ1n) is 8.38. The topological polar surface area (TPSA) is 58.1 Å². The van der Waals surface area contributed by atoms with Gasteiger partial charge in [0.2, 0.25) is 5.91 Å². The van der Waals surface area contributed by atoms with Gasteiger partial charge in [-0.25, -0.2) is 9.97 Å². The van der Waals surface area contributed by atoms with Crippen LogP contribution < -0.4 is 10.2 Å². The molecule has 1 amide bonds. The fourth-order valence-corrected chi connectivity index (χ4v) is 4.29. The molecule has 2 aromatic heterocycles. The quantitative estimate of drug-likeness (QED) is 0.787. The Hall–Kier alpha value is -2.47. The Labute approximate surface area is 150 Å². The minimum atomic E-state index is 0.00679. The normalized spacial score (nSPS) is 20.2. The molecule has 3 aromatic rings. The first kappa shape index (κ1) is 16.0. The lowest BCUT2D eigenvalue weighted by molar-refractivity contribution is -0.119. The van der Waals surface area contributed by atoms with Gasteiger partial charge in [0.05, 0.1) is 11.4 Å². The van der Waals surface area contributed by atoms with E-state index in [0.29, 0.717) is 0 Å². The van der Waals surface area contributed by atoms with E-state index >= 15 is 0 Å². The smallest absolute Gasteiger partial charge is 0.217 e. The maximum atomic E-state index is 11.7. The molecule has 0 spiro atoms. The van der Waals surface area contributed by atoms with Crippen LogP contribution in [0.15, 0.2) is 42.0 Å². The molecule has 1 aromatic carbocycles. The number of amides is 1. The second-order valence-corrected chi connectivity index (χ2v) is 7.46. The van der Waals surface area contributed by atoms with Gasteiger partial charge in [0.25, 0.3) is 0 Å². The molecule has 0 saturated carbocycles. The van der Waals surface area contributed by atoms with Gasteiger partial charge >= 0.3 is 0 Å². The first-order valence-corrected chi connectivity index (χ1v) is 9.26. The average Bonchev–Trinajstić information content (AvgIpc) is 3.21. The van der Waals surface area contributed by atoms with E-state index in [4.69, 9.17) is 0 Å². The molecule has 4 rings (SSSR count). The number of nitrogens with one attached hydrogen (secondary N) is 1. The largest absolute Gasteiger partial charge is 0.353 e. The summed E-state index contributed by atoms with van der Waals surface area (Å²) in [5.74, 6) is 1.21. The van der Waals surface area contributed by atoms with E-state index in [1.165, 1.54) is 11.1 Å². The molecular formula is C19H20N4OS. The summed E-state index contributed by atoms with van der Waals surface area (Å²) in [7, 11) is 0. The van der Waals surface area contributed by atoms with Gasteiger partial charge in [0, 0.05) is 25.9 Å². The summed E-state index contributed by atoms with van der Waals surface area (Å²) in [5, 5.41) is 6.25. The Morgan fingerprint density at radius 1 is 1.20 bits per heavy atom. The van der Waals surface area contributed by atoms with E-state index < -0.39 is 0 Å². The zero-order valence-corrected chi connectivity index (χ0v) is 15.1. The lowest BCUT2D eigenvalue weighted by atomic mass is 9.93. The van der Waals surface area contributed by atoms with Gasteiger partial charge < -0.3 is 10.2 Å². The molecule has 1 fully saturated rings. The SMILES string of the molecule is CC(=O)N[C@@H]1CN(c2ncnc3sccc23)C[C@H]1c1ccc(C)cc1. The summed E-state index contributed by atoms with van der Waals surface area (Å²) in [6, 6.07) is 10.7. The van der Waals surface area contributed by atoms with Crippen molar-refractivity contribution in [2.24, 2.45) is 0 Å². The molecule has 1 N–H and O–H groups in total. The van der Waals surface area contributed by atoms with Crippen LogP contribution in [-0.2, 0) is 4.79 Å². The van der Waals surface area contributed by atoms with Gasteiger partial charge in [0.15, 0.2) is 0 Å². The summed E-state index contributed by atoms with van der Waals surface area (Å²) in [6.45, 7) is 5.25. The average molecular weight is 352 g/mol. The Morgan fingerprint density at radius 2 is 2.00 bits per heavy atom. The van der Waals surface area contributed by atoms with Gasteiger partial charge in [-0.1, -0.05) is 29.8 Å². The fourth-order valence-electron chi connectivity index (χ4n) is 3.56. The van der Waals surface area contributed by atoms with Crippen molar-refractivity contribution in [2.45, 2.75) is 25.8 Å². The van der Waals surface area contributed by atoms with E-state index in [1.54, 1.807) is 24.6 Å². The molecule has 0 bridgehead atoms. The molecular weight excluding hydrogens is 332 g/mol. The Morgan fingerprint density at radius 3 is 2.76 bits per heavy atom. The van der Waals surface area contributed by atoms with Gasteiger partial charge in [-0.2, -0.15) is 0 Å². The van der Waals surface area contributed by atoms with Crippen LogP contribution in [0.1, 0.15) is 24.0 Å². The third-order valence-corrected chi connectivity index (χ3v) is 5.58. The number of benzene rings is 1. The van der Waals surface area contributed by atoms with Crippen LogP contribution in [0.2, 0.25) is 0 Å². The summed E-state index contributed by atoms with van der Waals surface area (Å²) < 4.78 is 0. The molecule has 6 heteroatoms. The van der Waals surface area contributed by atoms with Crippen molar-refractivity contribution < 1.29 is 4.79 Å². The number of aryl methyl sites for hydroxylation is 1. The van der Waals surface area contributed by atoms with Gasteiger partial charge in [0.1, 0.15) is 17.0 Å². The van der Waals surface area contributed by atoms with Crippen molar-refractivity contribution in [1.29, 1.82) is 0 Å². The number of rotatable bonds is 3. The maximum Gasteiger partial charge on any atom is 0.217 e. The zero-order chi connectivity index (χ0) is 17.4. The van der Waals surface area contributed by atoms with Gasteiger partial charge in [-0.3, -0.25) is 4.79 Å². The Bertz CT molecular complexity index is 905. The highest BCUT2D eigenvalue weighted by Crippen LogP contribution is 2.34. The van der Waals surface area contributed by atoms with Crippen molar-refractivity contribution in [1.82, 2.24) is 15.3 Å². The fraction of sp³-hybridized carbons (Fsp3) is 0.316. The minimum Gasteiger partial charge on any atom is -0.353 e. The van der Waals surface area contributed by atoms with Crippen molar-refractivity contribution in [3.63, 3.8) is 0 Å². The molecule has 1 aliphatic rings. The third-order valence-electron chi connectivity index (χ3n) is 4.75. The molecule has 2 atom stereocenters. The highest BCUT2D eigenvalue weighted by atomic mass is 32.1. The molecule has 1 saturated heterocycles. The number of carbonyl (C=O) groups excluding carboxylic acids is 1. The van der Waals surface area contributed by atoms with Crippen LogP contribution in [-0.4, -0.2) is 35.0 Å². The van der Waals surface area contributed by atoms with Crippen molar-refractivity contribution >= 4 is 33.3 Å². The van der Waals surface area contributed by atoms with Crippen LogP contribution in [0, 0.1) is 6.92 Å². The van der Waals surface area contributed by atoms with Crippen LogP contribution in [0.4, 0.5) is 5.82 Å². The van der Waals surface area contributed by atoms with E-state index in [1.807, 2.05) is 5.38 Å². The summed E-state index contributed by atoms with van der Waals surface area (Å²) in [6.07, 6.45) is 1.63. The number of fused-ring (bicyclic) bond motifs is 1. The van der Waals surface area contributed by atoms with Crippen molar-refractivity contribution in [3.05, 3.63) is 53.2 Å². The molecule has 25 heavy (non-hydrogen) atoms. The van der Waals surface area contributed by atoms with Gasteiger partial charge in [-0.15, -0.1) is 11.3 Å². The summed E-state index contributed by atoms with van der Waals surface area (Å²) in [5.41, 5.74) is 2.49. The van der Waals surface area contributed by atoms with E-state index in [0.717, 1.165) is 29.1 Å². The van der Waals surface area contributed by atoms with Crippen LogP contribution >= 0.6 is 11.3 Å². The third kappa shape index (κ3) is 3.09.